The quantitative estimate of drug-likeness (QED) is 0.797. The molecule has 1 atom stereocenters. The van der Waals surface area contributed by atoms with Crippen LogP contribution in [0.4, 0.5) is 5.69 Å². The predicted octanol–water partition coefficient (Wildman–Crippen LogP) is 3.55. The van der Waals surface area contributed by atoms with Gasteiger partial charge >= 0.3 is 0 Å². The van der Waals surface area contributed by atoms with Crippen LogP contribution in [0, 0.1) is 0 Å². The van der Waals surface area contributed by atoms with Crippen molar-refractivity contribution in [1.82, 2.24) is 4.98 Å². The van der Waals surface area contributed by atoms with E-state index in [1.807, 2.05) is 6.26 Å². The first-order valence-electron chi connectivity index (χ1n) is 7.03. The highest BCUT2D eigenvalue weighted by Gasteiger charge is 2.13. The predicted molar refractivity (Wildman–Crippen MR) is 95.4 cm³/mol. The largest absolute Gasteiger partial charge is 0.439 e. The number of anilines is 1. The number of hydrogen-bond donors (Lipinski definition) is 2. The molecule has 2 aromatic rings. The lowest BCUT2D eigenvalue weighted by atomic mass is 10.2. The SMILES string of the molecule is CSCC[C@H](N)C(=O)Nc1ccc(Oc2ccc(Cl)cc2)nc1. The summed E-state index contributed by atoms with van der Waals surface area (Å²) < 4.78 is 5.58. The molecule has 3 N–H and O–H groups in total. The van der Waals surface area contributed by atoms with Crippen LogP contribution in [0.2, 0.25) is 5.02 Å². The minimum atomic E-state index is -0.521. The molecule has 0 aliphatic heterocycles. The van der Waals surface area contributed by atoms with E-state index in [2.05, 4.69) is 10.3 Å². The molecule has 0 saturated heterocycles. The number of halogens is 1. The van der Waals surface area contributed by atoms with Crippen LogP contribution >= 0.6 is 23.4 Å². The number of pyridine rings is 1. The van der Waals surface area contributed by atoms with Gasteiger partial charge in [0.2, 0.25) is 11.8 Å². The van der Waals surface area contributed by atoms with E-state index in [0.717, 1.165) is 5.75 Å². The molecule has 1 heterocycles. The highest BCUT2D eigenvalue weighted by molar-refractivity contribution is 7.98. The fourth-order valence-electron chi connectivity index (χ4n) is 1.75. The molecule has 0 spiro atoms. The van der Waals surface area contributed by atoms with Gasteiger partial charge in [0.25, 0.3) is 0 Å². The van der Waals surface area contributed by atoms with E-state index < -0.39 is 6.04 Å². The van der Waals surface area contributed by atoms with Crippen molar-refractivity contribution in [3.63, 3.8) is 0 Å². The molecule has 23 heavy (non-hydrogen) atoms. The molecule has 0 bridgehead atoms. The molecule has 7 heteroatoms. The summed E-state index contributed by atoms with van der Waals surface area (Å²) in [4.78, 5) is 16.1. The summed E-state index contributed by atoms with van der Waals surface area (Å²) in [5, 5.41) is 3.38. The van der Waals surface area contributed by atoms with Crippen LogP contribution in [0.25, 0.3) is 0 Å². The zero-order valence-corrected chi connectivity index (χ0v) is 14.2. The summed E-state index contributed by atoms with van der Waals surface area (Å²) >= 11 is 7.48. The first kappa shape index (κ1) is 17.6. The third-order valence-electron chi connectivity index (χ3n) is 3.01. The van der Waals surface area contributed by atoms with E-state index in [4.69, 9.17) is 22.1 Å². The monoisotopic (exact) mass is 351 g/mol. The Labute approximate surface area is 144 Å². The van der Waals surface area contributed by atoms with Crippen molar-refractivity contribution in [3.05, 3.63) is 47.6 Å². The van der Waals surface area contributed by atoms with Gasteiger partial charge in [0, 0.05) is 11.1 Å². The van der Waals surface area contributed by atoms with Gasteiger partial charge < -0.3 is 15.8 Å². The lowest BCUT2D eigenvalue weighted by Crippen LogP contribution is -2.36. The van der Waals surface area contributed by atoms with Crippen LogP contribution in [-0.4, -0.2) is 28.9 Å². The van der Waals surface area contributed by atoms with Crippen molar-refractivity contribution in [2.24, 2.45) is 5.73 Å². The molecule has 0 unspecified atom stereocenters. The number of carbonyl (C=O) groups is 1. The number of carbonyl (C=O) groups excluding carboxylic acids is 1. The smallest absolute Gasteiger partial charge is 0.241 e. The number of ether oxygens (including phenoxy) is 1. The first-order chi connectivity index (χ1) is 11.1. The second kappa shape index (κ2) is 8.76. The van der Waals surface area contributed by atoms with Gasteiger partial charge in [0.1, 0.15) is 5.75 Å². The van der Waals surface area contributed by atoms with Crippen LogP contribution in [0.15, 0.2) is 42.6 Å². The Hall–Kier alpha value is -1.76. The van der Waals surface area contributed by atoms with E-state index in [0.29, 0.717) is 28.8 Å². The number of thioether (sulfide) groups is 1. The van der Waals surface area contributed by atoms with Gasteiger partial charge in [0.05, 0.1) is 17.9 Å². The van der Waals surface area contributed by atoms with E-state index in [9.17, 15) is 4.79 Å². The van der Waals surface area contributed by atoms with E-state index >= 15 is 0 Å². The van der Waals surface area contributed by atoms with Gasteiger partial charge in [-0.25, -0.2) is 4.98 Å². The van der Waals surface area contributed by atoms with Crippen molar-refractivity contribution in [1.29, 1.82) is 0 Å². The molecule has 0 radical (unpaired) electrons. The maximum atomic E-state index is 11.9. The highest BCUT2D eigenvalue weighted by atomic mass is 35.5. The number of nitrogens with one attached hydrogen (secondary N) is 1. The second-order valence-corrected chi connectivity index (χ2v) is 6.24. The van der Waals surface area contributed by atoms with Crippen LogP contribution in [-0.2, 0) is 4.79 Å². The normalized spacial score (nSPS) is 11.8. The topological polar surface area (TPSA) is 77.2 Å². The van der Waals surface area contributed by atoms with E-state index in [1.165, 1.54) is 6.20 Å². The maximum absolute atomic E-state index is 11.9. The summed E-state index contributed by atoms with van der Waals surface area (Å²) in [7, 11) is 0. The summed E-state index contributed by atoms with van der Waals surface area (Å²) in [5.41, 5.74) is 6.40. The minimum Gasteiger partial charge on any atom is -0.439 e. The van der Waals surface area contributed by atoms with E-state index in [-0.39, 0.29) is 5.91 Å². The van der Waals surface area contributed by atoms with Gasteiger partial charge in [-0.1, -0.05) is 11.6 Å². The number of amides is 1. The Bertz CT molecular complexity index is 635. The maximum Gasteiger partial charge on any atom is 0.241 e. The molecule has 0 aliphatic carbocycles. The standard InChI is InChI=1S/C16H18ClN3O2S/c1-23-9-8-14(18)16(21)20-12-4-7-15(19-10-12)22-13-5-2-11(17)3-6-13/h2-7,10,14H,8-9,18H2,1H3,(H,20,21)/t14-/m0/s1. The van der Waals surface area contributed by atoms with Gasteiger partial charge in [0.15, 0.2) is 0 Å². The Morgan fingerprint density at radius 1 is 1.35 bits per heavy atom. The third kappa shape index (κ3) is 5.74. The van der Waals surface area contributed by atoms with Crippen molar-refractivity contribution in [2.45, 2.75) is 12.5 Å². The average Bonchev–Trinajstić information content (AvgIpc) is 2.56. The minimum absolute atomic E-state index is 0.216. The molecule has 1 aromatic heterocycles. The summed E-state index contributed by atoms with van der Waals surface area (Å²) in [6, 6.07) is 9.86. The lowest BCUT2D eigenvalue weighted by Gasteiger charge is -2.11. The van der Waals surface area contributed by atoms with Crippen molar-refractivity contribution in [2.75, 3.05) is 17.3 Å². The molecule has 0 saturated carbocycles. The molecule has 5 nitrogen and oxygen atoms in total. The van der Waals surface area contributed by atoms with Crippen LogP contribution < -0.4 is 15.8 Å². The van der Waals surface area contributed by atoms with Gasteiger partial charge in [-0.3, -0.25) is 4.79 Å². The van der Waals surface area contributed by atoms with Gasteiger partial charge in [-0.2, -0.15) is 11.8 Å². The molecule has 0 aliphatic rings. The van der Waals surface area contributed by atoms with Crippen LogP contribution in [0.1, 0.15) is 6.42 Å². The van der Waals surface area contributed by atoms with Crippen LogP contribution in [0.5, 0.6) is 11.6 Å². The number of nitrogens with zero attached hydrogens (tertiary/aromatic N) is 1. The highest BCUT2D eigenvalue weighted by Crippen LogP contribution is 2.22. The number of rotatable bonds is 7. The zero-order valence-electron chi connectivity index (χ0n) is 12.7. The molecular weight excluding hydrogens is 334 g/mol. The lowest BCUT2D eigenvalue weighted by molar-refractivity contribution is -0.117. The summed E-state index contributed by atoms with van der Waals surface area (Å²) in [5.74, 6) is 1.70. The fraction of sp³-hybridized carbons (Fsp3) is 0.250. The van der Waals surface area contributed by atoms with Crippen molar-refractivity contribution < 1.29 is 9.53 Å². The first-order valence-corrected chi connectivity index (χ1v) is 8.80. The number of benzene rings is 1. The number of hydrogen-bond acceptors (Lipinski definition) is 5. The molecule has 1 aromatic carbocycles. The Kier molecular flexibility index (Phi) is 6.70. The van der Waals surface area contributed by atoms with Crippen LogP contribution in [0.3, 0.4) is 0 Å². The summed E-state index contributed by atoms with van der Waals surface area (Å²) in [6.45, 7) is 0. The fourth-order valence-corrected chi connectivity index (χ4v) is 2.36. The molecule has 1 amide bonds. The Morgan fingerprint density at radius 3 is 2.70 bits per heavy atom. The van der Waals surface area contributed by atoms with Gasteiger partial charge in [-0.05, 0) is 48.8 Å². The number of nitrogens with two attached hydrogens (primary N) is 1. The molecule has 0 fully saturated rings. The van der Waals surface area contributed by atoms with Crippen molar-refractivity contribution in [3.8, 4) is 11.6 Å². The van der Waals surface area contributed by atoms with Gasteiger partial charge in [-0.15, -0.1) is 0 Å². The van der Waals surface area contributed by atoms with Crippen molar-refractivity contribution >= 4 is 35.0 Å². The average molecular weight is 352 g/mol. The zero-order chi connectivity index (χ0) is 16.7. The molecule has 122 valence electrons. The Balaban J connectivity index is 1.91. The molecular formula is C16H18ClN3O2S. The Morgan fingerprint density at radius 2 is 2.09 bits per heavy atom. The second-order valence-electron chi connectivity index (χ2n) is 4.82. The van der Waals surface area contributed by atoms with E-state index in [1.54, 1.807) is 48.2 Å². The number of aromatic nitrogens is 1. The summed E-state index contributed by atoms with van der Waals surface area (Å²) in [6.07, 6.45) is 4.15. The molecule has 2 rings (SSSR count). The third-order valence-corrected chi connectivity index (χ3v) is 3.91.